The molecule has 1 amide bonds. The maximum atomic E-state index is 11.7. The van der Waals surface area contributed by atoms with Crippen LogP contribution in [0.15, 0.2) is 66.9 Å². The van der Waals surface area contributed by atoms with Crippen LogP contribution in [0, 0.1) is 0 Å². The third-order valence-corrected chi connectivity index (χ3v) is 3.54. The SMILES string of the molecule is CCNC(=O)c1ccn(COc2ccc(-c3ccccc3)cc2)n1. The lowest BCUT2D eigenvalue weighted by atomic mass is 10.1. The third kappa shape index (κ3) is 3.81. The molecule has 0 fully saturated rings. The molecule has 0 radical (unpaired) electrons. The molecule has 0 saturated heterocycles. The minimum atomic E-state index is -0.177. The second-order valence-corrected chi connectivity index (χ2v) is 5.26. The molecule has 0 unspecified atom stereocenters. The van der Waals surface area contributed by atoms with Crippen LogP contribution in [0.25, 0.3) is 11.1 Å². The molecule has 0 spiro atoms. The van der Waals surface area contributed by atoms with Crippen LogP contribution in [0.5, 0.6) is 5.75 Å². The molecule has 0 aliphatic rings. The normalized spacial score (nSPS) is 10.4. The molecular weight excluding hydrogens is 302 g/mol. The maximum Gasteiger partial charge on any atom is 0.271 e. The van der Waals surface area contributed by atoms with Gasteiger partial charge in [-0.05, 0) is 36.2 Å². The molecule has 24 heavy (non-hydrogen) atoms. The molecule has 3 aromatic rings. The van der Waals surface area contributed by atoms with E-state index in [1.807, 2.05) is 49.4 Å². The van der Waals surface area contributed by atoms with E-state index < -0.39 is 0 Å². The van der Waals surface area contributed by atoms with E-state index in [0.717, 1.165) is 11.3 Å². The zero-order valence-corrected chi connectivity index (χ0v) is 13.5. The van der Waals surface area contributed by atoms with Crippen LogP contribution in [0.2, 0.25) is 0 Å². The summed E-state index contributed by atoms with van der Waals surface area (Å²) in [5, 5.41) is 6.90. The van der Waals surface area contributed by atoms with Gasteiger partial charge >= 0.3 is 0 Å². The first kappa shape index (κ1) is 15.8. The van der Waals surface area contributed by atoms with E-state index >= 15 is 0 Å². The van der Waals surface area contributed by atoms with Gasteiger partial charge in [0.2, 0.25) is 0 Å². The van der Waals surface area contributed by atoms with Gasteiger partial charge in [0.15, 0.2) is 6.73 Å². The topological polar surface area (TPSA) is 56.2 Å². The van der Waals surface area contributed by atoms with Crippen LogP contribution in [0.4, 0.5) is 0 Å². The van der Waals surface area contributed by atoms with Crippen molar-refractivity contribution in [3.8, 4) is 16.9 Å². The Hall–Kier alpha value is -3.08. The van der Waals surface area contributed by atoms with E-state index in [9.17, 15) is 4.79 Å². The van der Waals surface area contributed by atoms with Crippen LogP contribution in [0.1, 0.15) is 17.4 Å². The number of nitrogens with one attached hydrogen (secondary N) is 1. The molecule has 122 valence electrons. The molecule has 0 saturated carbocycles. The quantitative estimate of drug-likeness (QED) is 0.757. The van der Waals surface area contributed by atoms with E-state index in [1.165, 1.54) is 5.56 Å². The summed E-state index contributed by atoms with van der Waals surface area (Å²) in [5.41, 5.74) is 2.70. The van der Waals surface area contributed by atoms with E-state index in [1.54, 1.807) is 16.9 Å². The number of nitrogens with zero attached hydrogens (tertiary/aromatic N) is 2. The predicted molar refractivity (Wildman–Crippen MR) is 92.7 cm³/mol. The van der Waals surface area contributed by atoms with Crippen LogP contribution >= 0.6 is 0 Å². The molecule has 1 aromatic heterocycles. The Kier molecular flexibility index (Phi) is 4.91. The number of ether oxygens (including phenoxy) is 1. The Bertz CT molecular complexity index is 795. The number of carbonyl (C=O) groups excluding carboxylic acids is 1. The van der Waals surface area contributed by atoms with Crippen LogP contribution < -0.4 is 10.1 Å². The summed E-state index contributed by atoms with van der Waals surface area (Å²) in [5.74, 6) is 0.577. The highest BCUT2D eigenvalue weighted by molar-refractivity contribution is 5.92. The first-order valence-electron chi connectivity index (χ1n) is 7.86. The van der Waals surface area contributed by atoms with Crippen molar-refractivity contribution in [1.29, 1.82) is 0 Å². The van der Waals surface area contributed by atoms with Gasteiger partial charge in [0.1, 0.15) is 11.4 Å². The molecule has 1 N–H and O–H groups in total. The minimum Gasteiger partial charge on any atom is -0.471 e. The number of benzene rings is 2. The van der Waals surface area contributed by atoms with Gasteiger partial charge < -0.3 is 10.1 Å². The van der Waals surface area contributed by atoms with E-state index in [2.05, 4.69) is 22.5 Å². The van der Waals surface area contributed by atoms with E-state index in [-0.39, 0.29) is 12.6 Å². The molecule has 3 rings (SSSR count). The standard InChI is InChI=1S/C19H19N3O2/c1-2-20-19(23)18-12-13-22(21-18)14-24-17-10-8-16(9-11-17)15-6-4-3-5-7-15/h3-13H,2,14H2,1H3,(H,20,23). The van der Waals surface area contributed by atoms with Gasteiger partial charge in [-0.25, -0.2) is 4.68 Å². The Balaban J connectivity index is 1.60. The zero-order valence-electron chi connectivity index (χ0n) is 13.5. The molecule has 0 bridgehead atoms. The minimum absolute atomic E-state index is 0.177. The Morgan fingerprint density at radius 1 is 1.04 bits per heavy atom. The fourth-order valence-corrected chi connectivity index (χ4v) is 2.32. The fraction of sp³-hybridized carbons (Fsp3) is 0.158. The number of carbonyl (C=O) groups is 1. The van der Waals surface area contributed by atoms with Gasteiger partial charge in [-0.2, -0.15) is 5.10 Å². The lowest BCUT2D eigenvalue weighted by Gasteiger charge is -2.07. The highest BCUT2D eigenvalue weighted by atomic mass is 16.5. The first-order chi connectivity index (χ1) is 11.8. The lowest BCUT2D eigenvalue weighted by molar-refractivity contribution is 0.0949. The van der Waals surface area contributed by atoms with Gasteiger partial charge in [-0.3, -0.25) is 4.79 Å². The van der Waals surface area contributed by atoms with Crippen molar-refractivity contribution in [2.24, 2.45) is 0 Å². The van der Waals surface area contributed by atoms with Crippen molar-refractivity contribution in [1.82, 2.24) is 15.1 Å². The van der Waals surface area contributed by atoms with Crippen molar-refractivity contribution in [3.63, 3.8) is 0 Å². The smallest absolute Gasteiger partial charge is 0.271 e. The second-order valence-electron chi connectivity index (χ2n) is 5.26. The van der Waals surface area contributed by atoms with Crippen molar-refractivity contribution < 1.29 is 9.53 Å². The van der Waals surface area contributed by atoms with Crippen LogP contribution in [-0.2, 0) is 6.73 Å². The summed E-state index contributed by atoms with van der Waals surface area (Å²) < 4.78 is 7.30. The van der Waals surface area contributed by atoms with Gasteiger partial charge in [0.05, 0.1) is 0 Å². The molecule has 0 aliphatic heterocycles. The molecule has 2 aromatic carbocycles. The third-order valence-electron chi connectivity index (χ3n) is 3.54. The maximum absolute atomic E-state index is 11.7. The van der Waals surface area contributed by atoms with Crippen LogP contribution in [0.3, 0.4) is 0 Å². The lowest BCUT2D eigenvalue weighted by Crippen LogP contribution is -2.23. The number of rotatable bonds is 6. The molecule has 5 heteroatoms. The number of hydrogen-bond donors (Lipinski definition) is 1. The number of hydrogen-bond acceptors (Lipinski definition) is 3. The molecule has 0 aliphatic carbocycles. The Labute approximate surface area is 140 Å². The summed E-state index contributed by atoms with van der Waals surface area (Å²) in [6.07, 6.45) is 1.73. The number of aromatic nitrogens is 2. The fourth-order valence-electron chi connectivity index (χ4n) is 2.32. The number of amides is 1. The van der Waals surface area contributed by atoms with Crippen molar-refractivity contribution >= 4 is 5.91 Å². The van der Waals surface area contributed by atoms with Crippen molar-refractivity contribution in [2.75, 3.05) is 6.54 Å². The van der Waals surface area contributed by atoms with Crippen LogP contribution in [-0.4, -0.2) is 22.2 Å². The average Bonchev–Trinajstić information content (AvgIpc) is 3.11. The molecule has 5 nitrogen and oxygen atoms in total. The summed E-state index contributed by atoms with van der Waals surface area (Å²) in [7, 11) is 0. The Morgan fingerprint density at radius 3 is 2.46 bits per heavy atom. The average molecular weight is 321 g/mol. The van der Waals surface area contributed by atoms with Crippen molar-refractivity contribution in [2.45, 2.75) is 13.7 Å². The van der Waals surface area contributed by atoms with Gasteiger partial charge in [-0.15, -0.1) is 0 Å². The van der Waals surface area contributed by atoms with Crippen molar-refractivity contribution in [3.05, 3.63) is 72.6 Å². The Morgan fingerprint density at radius 2 is 1.75 bits per heavy atom. The van der Waals surface area contributed by atoms with Gasteiger partial charge in [0.25, 0.3) is 5.91 Å². The van der Waals surface area contributed by atoms with Gasteiger partial charge in [-0.1, -0.05) is 42.5 Å². The molecule has 1 heterocycles. The van der Waals surface area contributed by atoms with Gasteiger partial charge in [0, 0.05) is 12.7 Å². The van der Waals surface area contributed by atoms with E-state index in [4.69, 9.17) is 4.74 Å². The highest BCUT2D eigenvalue weighted by Gasteiger charge is 2.08. The van der Waals surface area contributed by atoms with E-state index in [0.29, 0.717) is 12.2 Å². The summed E-state index contributed by atoms with van der Waals surface area (Å²) in [6, 6.07) is 19.8. The summed E-state index contributed by atoms with van der Waals surface area (Å²) in [6.45, 7) is 2.71. The summed E-state index contributed by atoms with van der Waals surface area (Å²) >= 11 is 0. The largest absolute Gasteiger partial charge is 0.471 e. The second kappa shape index (κ2) is 7.46. The summed E-state index contributed by atoms with van der Waals surface area (Å²) in [4.78, 5) is 11.7. The first-order valence-corrected chi connectivity index (χ1v) is 7.86. The highest BCUT2D eigenvalue weighted by Crippen LogP contribution is 2.22. The predicted octanol–water partition coefficient (Wildman–Crippen LogP) is 3.34. The monoisotopic (exact) mass is 321 g/mol. The zero-order chi connectivity index (χ0) is 16.8. The molecule has 0 atom stereocenters. The molecular formula is C19H19N3O2.